The van der Waals surface area contributed by atoms with Gasteiger partial charge in [0.25, 0.3) is 5.91 Å². The van der Waals surface area contributed by atoms with Crippen LogP contribution in [0.25, 0.3) is 0 Å². The highest BCUT2D eigenvalue weighted by atomic mass is 19.4. The molecule has 0 aliphatic carbocycles. The number of carbonyl (C=O) groups excluding carboxylic acids is 1. The Balaban J connectivity index is 1.76. The third-order valence-electron chi connectivity index (χ3n) is 3.13. The molecule has 2 rings (SSSR count). The van der Waals surface area contributed by atoms with Crippen LogP contribution < -0.4 is 10.1 Å². The molecule has 7 heteroatoms. The van der Waals surface area contributed by atoms with Crippen LogP contribution >= 0.6 is 0 Å². The van der Waals surface area contributed by atoms with Gasteiger partial charge in [-0.2, -0.15) is 13.2 Å². The molecule has 0 radical (unpaired) electrons. The summed E-state index contributed by atoms with van der Waals surface area (Å²) >= 11 is 0. The van der Waals surface area contributed by atoms with Gasteiger partial charge in [-0.1, -0.05) is 11.8 Å². The summed E-state index contributed by atoms with van der Waals surface area (Å²) in [4.78, 5) is 15.9. The number of hydrogen-bond donors (Lipinski definition) is 1. The summed E-state index contributed by atoms with van der Waals surface area (Å²) in [6, 6.07) is 7.57. The Morgan fingerprint density at radius 2 is 1.88 bits per heavy atom. The number of ether oxygens (including phenoxy) is 1. The number of alkyl halides is 3. The molecule has 130 valence electrons. The van der Waals surface area contributed by atoms with E-state index in [1.54, 1.807) is 12.3 Å². The second kappa shape index (κ2) is 8.20. The second-order valence-corrected chi connectivity index (χ2v) is 5.04. The molecular formula is C18H15F3N2O2. The summed E-state index contributed by atoms with van der Waals surface area (Å²) in [5.74, 6) is 5.51. The summed E-state index contributed by atoms with van der Waals surface area (Å²) in [5.41, 5.74) is 0.216. The Kier molecular flexibility index (Phi) is 6.01. The third-order valence-corrected chi connectivity index (χ3v) is 3.13. The van der Waals surface area contributed by atoms with Crippen LogP contribution in [0.1, 0.15) is 21.6 Å². The zero-order valence-corrected chi connectivity index (χ0v) is 13.4. The van der Waals surface area contributed by atoms with Crippen LogP contribution in [0.5, 0.6) is 5.75 Å². The van der Waals surface area contributed by atoms with Crippen LogP contribution in [0.3, 0.4) is 0 Å². The molecule has 1 aromatic carbocycles. The summed E-state index contributed by atoms with van der Waals surface area (Å²) < 4.78 is 42.7. The van der Waals surface area contributed by atoms with Gasteiger partial charge in [0, 0.05) is 11.3 Å². The lowest BCUT2D eigenvalue weighted by Crippen LogP contribution is -2.23. The fraction of sp³-hybridized carbons (Fsp3) is 0.222. The number of rotatable bonds is 4. The van der Waals surface area contributed by atoms with E-state index in [9.17, 15) is 18.0 Å². The molecule has 0 aliphatic heterocycles. The van der Waals surface area contributed by atoms with E-state index in [0.29, 0.717) is 5.75 Å². The van der Waals surface area contributed by atoms with Crippen molar-refractivity contribution in [2.75, 3.05) is 13.2 Å². The van der Waals surface area contributed by atoms with Gasteiger partial charge in [-0.25, -0.2) is 0 Å². The molecule has 1 aromatic heterocycles. The minimum atomic E-state index is -4.42. The van der Waals surface area contributed by atoms with Crippen molar-refractivity contribution in [2.45, 2.75) is 13.1 Å². The van der Waals surface area contributed by atoms with Gasteiger partial charge in [0.05, 0.1) is 18.3 Å². The molecule has 1 heterocycles. The first-order chi connectivity index (χ1) is 11.9. The molecular weight excluding hydrogens is 333 g/mol. The molecule has 0 bridgehead atoms. The zero-order chi connectivity index (χ0) is 18.3. The lowest BCUT2D eigenvalue weighted by molar-refractivity contribution is -0.137. The highest BCUT2D eigenvalue weighted by Crippen LogP contribution is 2.29. The number of benzene rings is 1. The second-order valence-electron chi connectivity index (χ2n) is 5.04. The van der Waals surface area contributed by atoms with Crippen LogP contribution in [0.2, 0.25) is 0 Å². The van der Waals surface area contributed by atoms with Crippen molar-refractivity contribution in [2.24, 2.45) is 0 Å². The van der Waals surface area contributed by atoms with E-state index in [1.165, 1.54) is 0 Å². The van der Waals surface area contributed by atoms with Crippen molar-refractivity contribution < 1.29 is 22.7 Å². The van der Waals surface area contributed by atoms with Gasteiger partial charge >= 0.3 is 6.18 Å². The Bertz CT molecular complexity index is 773. The lowest BCUT2D eigenvalue weighted by Gasteiger charge is -2.07. The van der Waals surface area contributed by atoms with Crippen molar-refractivity contribution >= 4 is 5.91 Å². The first-order valence-electron chi connectivity index (χ1n) is 7.33. The highest BCUT2D eigenvalue weighted by Gasteiger charge is 2.30. The largest absolute Gasteiger partial charge is 0.479 e. The van der Waals surface area contributed by atoms with E-state index in [-0.39, 0.29) is 18.7 Å². The van der Waals surface area contributed by atoms with Gasteiger partial charge in [-0.3, -0.25) is 9.78 Å². The SMILES string of the molecule is Cc1ccc(OCC#CCNC(=O)c2ccc(C(F)(F)F)cc2)cn1. The molecule has 0 saturated heterocycles. The summed E-state index contributed by atoms with van der Waals surface area (Å²) in [6.45, 7) is 2.07. The van der Waals surface area contributed by atoms with Gasteiger partial charge in [-0.15, -0.1) is 0 Å². The number of nitrogens with zero attached hydrogens (tertiary/aromatic N) is 1. The Morgan fingerprint density at radius 1 is 1.16 bits per heavy atom. The molecule has 0 atom stereocenters. The van der Waals surface area contributed by atoms with E-state index < -0.39 is 17.6 Å². The van der Waals surface area contributed by atoms with E-state index in [1.807, 2.05) is 13.0 Å². The number of aromatic nitrogens is 1. The maximum absolute atomic E-state index is 12.4. The molecule has 1 amide bonds. The Hall–Kier alpha value is -3.01. The van der Waals surface area contributed by atoms with Crippen molar-refractivity contribution in [1.82, 2.24) is 10.3 Å². The minimum absolute atomic E-state index is 0.0648. The molecule has 2 aromatic rings. The molecule has 4 nitrogen and oxygen atoms in total. The Morgan fingerprint density at radius 3 is 2.48 bits per heavy atom. The maximum Gasteiger partial charge on any atom is 0.416 e. The molecule has 0 spiro atoms. The molecule has 0 aliphatic rings. The van der Waals surface area contributed by atoms with Crippen molar-refractivity contribution in [3.8, 4) is 17.6 Å². The van der Waals surface area contributed by atoms with Crippen molar-refractivity contribution in [3.63, 3.8) is 0 Å². The predicted octanol–water partition coefficient (Wildman–Crippen LogP) is 3.22. The number of aryl methyl sites for hydroxylation is 1. The van der Waals surface area contributed by atoms with Crippen LogP contribution in [0, 0.1) is 18.8 Å². The fourth-order valence-corrected chi connectivity index (χ4v) is 1.81. The number of pyridine rings is 1. The predicted molar refractivity (Wildman–Crippen MR) is 86.0 cm³/mol. The quantitative estimate of drug-likeness (QED) is 0.863. The van der Waals surface area contributed by atoms with Crippen molar-refractivity contribution in [1.29, 1.82) is 0 Å². The number of carbonyl (C=O) groups is 1. The molecule has 0 saturated carbocycles. The molecule has 0 fully saturated rings. The Labute approximate surface area is 143 Å². The van der Waals surface area contributed by atoms with E-state index in [2.05, 4.69) is 22.1 Å². The summed E-state index contributed by atoms with van der Waals surface area (Å²) in [7, 11) is 0. The topological polar surface area (TPSA) is 51.2 Å². The highest BCUT2D eigenvalue weighted by molar-refractivity contribution is 5.94. The molecule has 0 unspecified atom stereocenters. The standard InChI is InChI=1S/C18H15F3N2O2/c1-13-4-9-16(12-23-13)25-11-3-2-10-22-17(24)14-5-7-15(8-6-14)18(19,20)21/h4-9,12H,10-11H2,1H3,(H,22,24). The van der Waals surface area contributed by atoms with Crippen LogP contribution in [-0.4, -0.2) is 24.0 Å². The first-order valence-corrected chi connectivity index (χ1v) is 7.33. The minimum Gasteiger partial charge on any atom is -0.479 e. The summed E-state index contributed by atoms with van der Waals surface area (Å²) in [6.07, 6.45) is -2.84. The van der Waals surface area contributed by atoms with Gasteiger partial charge in [0.1, 0.15) is 12.4 Å². The van der Waals surface area contributed by atoms with Gasteiger partial charge in [-0.05, 0) is 43.3 Å². The van der Waals surface area contributed by atoms with Crippen molar-refractivity contribution in [3.05, 3.63) is 59.4 Å². The van der Waals surface area contributed by atoms with E-state index in [4.69, 9.17) is 4.74 Å². The molecule has 1 N–H and O–H groups in total. The lowest BCUT2D eigenvalue weighted by atomic mass is 10.1. The average molecular weight is 348 g/mol. The smallest absolute Gasteiger partial charge is 0.416 e. The van der Waals surface area contributed by atoms with E-state index >= 15 is 0 Å². The number of amides is 1. The normalized spacial score (nSPS) is 10.6. The fourth-order valence-electron chi connectivity index (χ4n) is 1.81. The summed E-state index contributed by atoms with van der Waals surface area (Å²) in [5, 5.41) is 2.50. The number of nitrogens with one attached hydrogen (secondary N) is 1. The maximum atomic E-state index is 12.4. The molecule has 25 heavy (non-hydrogen) atoms. The monoisotopic (exact) mass is 348 g/mol. The van der Waals surface area contributed by atoms with Crippen LogP contribution in [0.15, 0.2) is 42.6 Å². The van der Waals surface area contributed by atoms with Crippen LogP contribution in [-0.2, 0) is 6.18 Å². The van der Waals surface area contributed by atoms with Crippen LogP contribution in [0.4, 0.5) is 13.2 Å². The number of hydrogen-bond acceptors (Lipinski definition) is 3. The third kappa shape index (κ3) is 5.84. The van der Waals surface area contributed by atoms with Gasteiger partial charge in [0.15, 0.2) is 0 Å². The zero-order valence-electron chi connectivity index (χ0n) is 13.4. The van der Waals surface area contributed by atoms with Gasteiger partial charge < -0.3 is 10.1 Å². The van der Waals surface area contributed by atoms with E-state index in [0.717, 1.165) is 30.0 Å². The number of halogens is 3. The van der Waals surface area contributed by atoms with Gasteiger partial charge in [0.2, 0.25) is 0 Å². The first kappa shape index (κ1) is 18.3. The average Bonchev–Trinajstić information content (AvgIpc) is 2.58.